The van der Waals surface area contributed by atoms with Gasteiger partial charge >= 0.3 is 0 Å². The number of methoxy groups -OCH3 is 2. The Labute approximate surface area is 240 Å². The molecule has 3 rings (SSSR count). The molecule has 2 amide bonds. The minimum atomic E-state index is -4.29. The van der Waals surface area contributed by atoms with Gasteiger partial charge in [0.25, 0.3) is 10.0 Å². The molecule has 0 aliphatic rings. The lowest BCUT2D eigenvalue weighted by atomic mass is 10.1. The van der Waals surface area contributed by atoms with E-state index in [1.165, 1.54) is 55.5 Å². The van der Waals surface area contributed by atoms with Crippen LogP contribution in [0.15, 0.2) is 77.7 Å². The molecule has 0 saturated heterocycles. The van der Waals surface area contributed by atoms with Crippen molar-refractivity contribution < 1.29 is 31.9 Å². The monoisotopic (exact) mass is 585 g/mol. The van der Waals surface area contributed by atoms with Gasteiger partial charge in [-0.25, -0.2) is 12.8 Å². The normalized spacial score (nSPS) is 12.6. The van der Waals surface area contributed by atoms with Crippen molar-refractivity contribution >= 4 is 27.5 Å². The van der Waals surface area contributed by atoms with E-state index in [-0.39, 0.29) is 29.1 Å². The van der Waals surface area contributed by atoms with E-state index in [9.17, 15) is 22.4 Å². The highest BCUT2D eigenvalue weighted by molar-refractivity contribution is 7.92. The van der Waals surface area contributed by atoms with Gasteiger partial charge in [-0.2, -0.15) is 0 Å². The fraction of sp³-hybridized carbons (Fsp3) is 0.333. The second-order valence-electron chi connectivity index (χ2n) is 9.53. The predicted octanol–water partition coefficient (Wildman–Crippen LogP) is 4.37. The Morgan fingerprint density at radius 1 is 0.927 bits per heavy atom. The van der Waals surface area contributed by atoms with Crippen LogP contribution in [0.4, 0.5) is 10.1 Å². The van der Waals surface area contributed by atoms with Crippen LogP contribution in [0.3, 0.4) is 0 Å². The molecule has 41 heavy (non-hydrogen) atoms. The highest BCUT2D eigenvalue weighted by atomic mass is 32.2. The highest BCUT2D eigenvalue weighted by Crippen LogP contribution is 2.26. The number of nitrogens with one attached hydrogen (secondary N) is 1. The number of amides is 2. The maximum atomic E-state index is 13.9. The summed E-state index contributed by atoms with van der Waals surface area (Å²) in [4.78, 5) is 28.3. The van der Waals surface area contributed by atoms with Crippen molar-refractivity contribution in [1.29, 1.82) is 0 Å². The lowest BCUT2D eigenvalue weighted by molar-refractivity contribution is -0.139. The third-order valence-electron chi connectivity index (χ3n) is 6.70. The Hall–Kier alpha value is -4.12. The van der Waals surface area contributed by atoms with E-state index < -0.39 is 34.3 Å². The molecule has 0 aliphatic carbocycles. The van der Waals surface area contributed by atoms with Crippen LogP contribution in [-0.2, 0) is 26.2 Å². The van der Waals surface area contributed by atoms with Crippen molar-refractivity contribution in [3.05, 3.63) is 84.2 Å². The molecule has 0 bridgehead atoms. The average Bonchev–Trinajstić information content (AvgIpc) is 2.98. The Balaban J connectivity index is 2.03. The summed E-state index contributed by atoms with van der Waals surface area (Å²) in [5.74, 6) is -0.527. The molecule has 3 aromatic rings. The number of ether oxygens (including phenoxy) is 2. The Bertz CT molecular complexity index is 1430. The molecule has 9 nitrogen and oxygen atoms in total. The molecule has 0 unspecified atom stereocenters. The zero-order valence-electron chi connectivity index (χ0n) is 23.8. The summed E-state index contributed by atoms with van der Waals surface area (Å²) < 4.78 is 52.8. The molecule has 220 valence electrons. The summed E-state index contributed by atoms with van der Waals surface area (Å²) in [6, 6.07) is 16.5. The topological polar surface area (TPSA) is 105 Å². The van der Waals surface area contributed by atoms with Gasteiger partial charge < -0.3 is 19.7 Å². The first-order chi connectivity index (χ1) is 19.5. The summed E-state index contributed by atoms with van der Waals surface area (Å²) in [6.07, 6.45) is 0.695. The van der Waals surface area contributed by atoms with Gasteiger partial charge in [-0.3, -0.25) is 13.9 Å². The van der Waals surface area contributed by atoms with Gasteiger partial charge in [-0.15, -0.1) is 0 Å². The summed E-state index contributed by atoms with van der Waals surface area (Å²) >= 11 is 0. The number of carbonyl (C=O) groups is 2. The first-order valence-corrected chi connectivity index (χ1v) is 14.6. The summed E-state index contributed by atoms with van der Waals surface area (Å²) in [7, 11) is -1.30. The summed E-state index contributed by atoms with van der Waals surface area (Å²) in [5, 5.41) is 2.89. The SMILES string of the molecule is CC[C@H](C)NC(=O)[C@@H](C)N(Cc1cccc(OC)c1)C(=O)CN(c1ccc(F)cc1)S(=O)(=O)c1ccc(OC)cc1. The smallest absolute Gasteiger partial charge is 0.264 e. The second-order valence-corrected chi connectivity index (χ2v) is 11.4. The average molecular weight is 586 g/mol. The van der Waals surface area contributed by atoms with Gasteiger partial charge in [0.15, 0.2) is 0 Å². The molecule has 11 heteroatoms. The van der Waals surface area contributed by atoms with Crippen LogP contribution in [0.5, 0.6) is 11.5 Å². The van der Waals surface area contributed by atoms with E-state index in [0.29, 0.717) is 23.5 Å². The van der Waals surface area contributed by atoms with Crippen molar-refractivity contribution in [2.24, 2.45) is 0 Å². The Morgan fingerprint density at radius 2 is 1.56 bits per heavy atom. The van der Waals surface area contributed by atoms with Crippen LogP contribution in [0, 0.1) is 5.82 Å². The largest absolute Gasteiger partial charge is 0.497 e. The van der Waals surface area contributed by atoms with Gasteiger partial charge in [-0.1, -0.05) is 19.1 Å². The number of anilines is 1. The summed E-state index contributed by atoms with van der Waals surface area (Å²) in [6.45, 7) is 4.77. The number of halogens is 1. The standard InChI is InChI=1S/C30H36FN3O6S/c1-6-21(2)32-30(36)22(3)33(19-23-8-7-9-27(18-23)40-5)29(35)20-34(25-12-10-24(31)11-13-25)41(37,38)28-16-14-26(39-4)15-17-28/h7-18,21-22H,6,19-20H2,1-5H3,(H,32,36)/t21-,22+/m0/s1. The number of carbonyl (C=O) groups excluding carboxylic acids is 2. The highest BCUT2D eigenvalue weighted by Gasteiger charge is 2.33. The maximum Gasteiger partial charge on any atom is 0.264 e. The van der Waals surface area contributed by atoms with Crippen molar-refractivity contribution in [2.75, 3.05) is 25.1 Å². The van der Waals surface area contributed by atoms with Gasteiger partial charge in [0, 0.05) is 12.6 Å². The van der Waals surface area contributed by atoms with Crippen LogP contribution in [0.2, 0.25) is 0 Å². The van der Waals surface area contributed by atoms with Gasteiger partial charge in [0.05, 0.1) is 24.8 Å². The molecule has 0 spiro atoms. The van der Waals surface area contributed by atoms with E-state index in [1.807, 2.05) is 13.8 Å². The number of hydrogen-bond donors (Lipinski definition) is 1. The van der Waals surface area contributed by atoms with E-state index in [0.717, 1.165) is 16.4 Å². The molecule has 0 fully saturated rings. The van der Waals surface area contributed by atoms with Crippen molar-refractivity contribution in [1.82, 2.24) is 10.2 Å². The van der Waals surface area contributed by atoms with Gasteiger partial charge in [-0.05, 0) is 86.5 Å². The van der Waals surface area contributed by atoms with E-state index in [4.69, 9.17) is 9.47 Å². The van der Waals surface area contributed by atoms with Crippen LogP contribution >= 0.6 is 0 Å². The number of benzene rings is 3. The number of sulfonamides is 1. The third-order valence-corrected chi connectivity index (χ3v) is 8.48. The lowest BCUT2D eigenvalue weighted by Crippen LogP contribution is -2.52. The molecule has 0 aromatic heterocycles. The molecular formula is C30H36FN3O6S. The van der Waals surface area contributed by atoms with E-state index in [2.05, 4.69) is 5.32 Å². The Kier molecular flexibility index (Phi) is 10.7. The number of hydrogen-bond acceptors (Lipinski definition) is 6. The molecular weight excluding hydrogens is 549 g/mol. The van der Waals surface area contributed by atoms with Crippen LogP contribution in [0.1, 0.15) is 32.8 Å². The number of nitrogens with zero attached hydrogens (tertiary/aromatic N) is 2. The fourth-order valence-corrected chi connectivity index (χ4v) is 5.44. The van der Waals surface area contributed by atoms with E-state index in [1.54, 1.807) is 31.2 Å². The summed E-state index contributed by atoms with van der Waals surface area (Å²) in [5.41, 5.74) is 0.779. The quantitative estimate of drug-likeness (QED) is 0.320. The first-order valence-electron chi connectivity index (χ1n) is 13.1. The van der Waals surface area contributed by atoms with Crippen LogP contribution in [0.25, 0.3) is 0 Å². The number of rotatable bonds is 13. The minimum Gasteiger partial charge on any atom is -0.497 e. The third kappa shape index (κ3) is 7.97. The first kappa shape index (κ1) is 31.4. The molecule has 2 atom stereocenters. The zero-order chi connectivity index (χ0) is 30.2. The minimum absolute atomic E-state index is 0.0188. The zero-order valence-corrected chi connectivity index (χ0v) is 24.7. The van der Waals surface area contributed by atoms with Gasteiger partial charge in [0.1, 0.15) is 29.9 Å². The van der Waals surface area contributed by atoms with Gasteiger partial charge in [0.2, 0.25) is 11.8 Å². The molecule has 0 radical (unpaired) electrons. The molecule has 0 heterocycles. The molecule has 3 aromatic carbocycles. The van der Waals surface area contributed by atoms with E-state index >= 15 is 0 Å². The lowest BCUT2D eigenvalue weighted by Gasteiger charge is -2.32. The van der Waals surface area contributed by atoms with Crippen molar-refractivity contribution in [2.45, 2.75) is 50.7 Å². The molecule has 0 saturated carbocycles. The van der Waals surface area contributed by atoms with Crippen molar-refractivity contribution in [3.63, 3.8) is 0 Å². The van der Waals surface area contributed by atoms with Crippen LogP contribution in [-0.4, -0.2) is 58.0 Å². The fourth-order valence-electron chi connectivity index (χ4n) is 4.03. The molecule has 1 N–H and O–H groups in total. The molecule has 0 aliphatic heterocycles. The Morgan fingerprint density at radius 3 is 2.15 bits per heavy atom. The van der Waals surface area contributed by atoms with Crippen LogP contribution < -0.4 is 19.1 Å². The maximum absolute atomic E-state index is 13.9. The predicted molar refractivity (Wildman–Crippen MR) is 155 cm³/mol. The second kappa shape index (κ2) is 14.0. The van der Waals surface area contributed by atoms with Crippen molar-refractivity contribution in [3.8, 4) is 11.5 Å².